The van der Waals surface area contributed by atoms with Gasteiger partial charge in [0.25, 0.3) is 0 Å². The van der Waals surface area contributed by atoms with Gasteiger partial charge in [-0.05, 0) is 25.5 Å². The summed E-state index contributed by atoms with van der Waals surface area (Å²) in [5.41, 5.74) is 0. The van der Waals surface area contributed by atoms with E-state index in [1.807, 2.05) is 7.11 Å². The van der Waals surface area contributed by atoms with Crippen molar-refractivity contribution in [2.24, 2.45) is 5.92 Å². The SMILES string of the molecule is COC1CCCC2NC=CC21. The zero-order valence-electron chi connectivity index (χ0n) is 6.92. The molecule has 0 radical (unpaired) electrons. The van der Waals surface area contributed by atoms with Crippen molar-refractivity contribution in [3.63, 3.8) is 0 Å². The Labute approximate surface area is 67.6 Å². The molecule has 2 nitrogen and oxygen atoms in total. The molecule has 2 aliphatic rings. The molecule has 1 N–H and O–H groups in total. The fourth-order valence-electron chi connectivity index (χ4n) is 2.20. The fraction of sp³-hybridized carbons (Fsp3) is 0.778. The molecule has 1 heterocycles. The summed E-state index contributed by atoms with van der Waals surface area (Å²) in [6.07, 6.45) is 8.61. The molecule has 62 valence electrons. The Hall–Kier alpha value is -0.500. The highest BCUT2D eigenvalue weighted by Gasteiger charge is 2.33. The summed E-state index contributed by atoms with van der Waals surface area (Å²) in [7, 11) is 1.82. The monoisotopic (exact) mass is 153 g/mol. The molecule has 3 unspecified atom stereocenters. The van der Waals surface area contributed by atoms with Crippen molar-refractivity contribution in [3.05, 3.63) is 12.3 Å². The Morgan fingerprint density at radius 3 is 3.18 bits per heavy atom. The van der Waals surface area contributed by atoms with Gasteiger partial charge in [-0.1, -0.05) is 6.08 Å². The first-order valence-corrected chi connectivity index (χ1v) is 4.37. The van der Waals surface area contributed by atoms with Crippen LogP contribution < -0.4 is 5.32 Å². The van der Waals surface area contributed by atoms with E-state index >= 15 is 0 Å². The van der Waals surface area contributed by atoms with Crippen LogP contribution in [-0.4, -0.2) is 19.3 Å². The van der Waals surface area contributed by atoms with Gasteiger partial charge in [0, 0.05) is 19.1 Å². The lowest BCUT2D eigenvalue weighted by atomic mass is 9.84. The number of nitrogens with one attached hydrogen (secondary N) is 1. The summed E-state index contributed by atoms with van der Waals surface area (Å²) in [4.78, 5) is 0. The topological polar surface area (TPSA) is 21.3 Å². The number of fused-ring (bicyclic) bond motifs is 1. The summed E-state index contributed by atoms with van der Waals surface area (Å²) >= 11 is 0. The molecule has 1 aliphatic heterocycles. The molecule has 1 saturated carbocycles. The summed E-state index contributed by atoms with van der Waals surface area (Å²) < 4.78 is 5.41. The van der Waals surface area contributed by atoms with E-state index in [1.54, 1.807) is 0 Å². The highest BCUT2D eigenvalue weighted by atomic mass is 16.5. The first kappa shape index (κ1) is 7.17. The lowest BCUT2D eigenvalue weighted by Gasteiger charge is -2.32. The second-order valence-corrected chi connectivity index (χ2v) is 3.41. The van der Waals surface area contributed by atoms with Crippen LogP contribution in [0.3, 0.4) is 0 Å². The van der Waals surface area contributed by atoms with Crippen molar-refractivity contribution < 1.29 is 4.74 Å². The van der Waals surface area contributed by atoms with Crippen molar-refractivity contribution in [2.45, 2.75) is 31.4 Å². The first-order chi connectivity index (χ1) is 5.42. The van der Waals surface area contributed by atoms with Gasteiger partial charge in [-0.3, -0.25) is 0 Å². The zero-order valence-corrected chi connectivity index (χ0v) is 6.92. The maximum atomic E-state index is 5.41. The molecule has 0 saturated heterocycles. The minimum atomic E-state index is 0.458. The lowest BCUT2D eigenvalue weighted by Crippen LogP contribution is -2.39. The number of hydrogen-bond donors (Lipinski definition) is 1. The number of hydrogen-bond acceptors (Lipinski definition) is 2. The van der Waals surface area contributed by atoms with Crippen LogP contribution in [0, 0.1) is 5.92 Å². The molecule has 0 amide bonds. The molecule has 3 atom stereocenters. The third-order valence-corrected chi connectivity index (χ3v) is 2.83. The molecule has 0 bridgehead atoms. The minimum Gasteiger partial charge on any atom is -0.388 e. The molecule has 1 aliphatic carbocycles. The van der Waals surface area contributed by atoms with E-state index in [9.17, 15) is 0 Å². The normalized spacial score (nSPS) is 41.7. The van der Waals surface area contributed by atoms with Crippen molar-refractivity contribution in [1.82, 2.24) is 5.32 Å². The predicted octanol–water partition coefficient (Wildman–Crippen LogP) is 1.29. The Morgan fingerprint density at radius 1 is 1.45 bits per heavy atom. The van der Waals surface area contributed by atoms with Crippen LogP contribution in [-0.2, 0) is 4.74 Å². The fourth-order valence-corrected chi connectivity index (χ4v) is 2.20. The third kappa shape index (κ3) is 1.16. The van der Waals surface area contributed by atoms with Gasteiger partial charge in [-0.25, -0.2) is 0 Å². The Balaban J connectivity index is 2.05. The second-order valence-electron chi connectivity index (χ2n) is 3.41. The Bertz CT molecular complexity index is 167. The van der Waals surface area contributed by atoms with Crippen LogP contribution in [0.4, 0.5) is 0 Å². The van der Waals surface area contributed by atoms with Crippen LogP contribution in [0.5, 0.6) is 0 Å². The molecule has 0 aromatic carbocycles. The highest BCUT2D eigenvalue weighted by molar-refractivity contribution is 5.07. The van der Waals surface area contributed by atoms with Crippen LogP contribution >= 0.6 is 0 Å². The zero-order chi connectivity index (χ0) is 7.68. The highest BCUT2D eigenvalue weighted by Crippen LogP contribution is 2.30. The van der Waals surface area contributed by atoms with Gasteiger partial charge >= 0.3 is 0 Å². The second kappa shape index (κ2) is 2.86. The van der Waals surface area contributed by atoms with Crippen molar-refractivity contribution >= 4 is 0 Å². The molecule has 0 aromatic heterocycles. The molecule has 1 fully saturated rings. The summed E-state index contributed by atoms with van der Waals surface area (Å²) in [6, 6.07) is 0.661. The number of rotatable bonds is 1. The van der Waals surface area contributed by atoms with Gasteiger partial charge in [0.2, 0.25) is 0 Å². The summed E-state index contributed by atoms with van der Waals surface area (Å²) in [6.45, 7) is 0. The molecule has 0 spiro atoms. The van der Waals surface area contributed by atoms with E-state index < -0.39 is 0 Å². The molecule has 2 rings (SSSR count). The quantitative estimate of drug-likeness (QED) is 0.613. The summed E-state index contributed by atoms with van der Waals surface area (Å²) in [5, 5.41) is 3.36. The number of methoxy groups -OCH3 is 1. The van der Waals surface area contributed by atoms with E-state index in [-0.39, 0.29) is 0 Å². The molecule has 2 heteroatoms. The number of ether oxygens (including phenoxy) is 1. The van der Waals surface area contributed by atoms with Crippen molar-refractivity contribution in [1.29, 1.82) is 0 Å². The maximum absolute atomic E-state index is 5.41. The standard InChI is InChI=1S/C9H15NO/c1-11-9-4-2-3-8-7(9)5-6-10-8/h5-10H,2-4H2,1H3. The van der Waals surface area contributed by atoms with Crippen molar-refractivity contribution in [2.75, 3.05) is 7.11 Å². The Morgan fingerprint density at radius 2 is 2.36 bits per heavy atom. The molecular formula is C9H15NO. The smallest absolute Gasteiger partial charge is 0.0654 e. The van der Waals surface area contributed by atoms with Gasteiger partial charge in [0.1, 0.15) is 0 Å². The van der Waals surface area contributed by atoms with Gasteiger partial charge in [-0.15, -0.1) is 0 Å². The van der Waals surface area contributed by atoms with E-state index in [2.05, 4.69) is 17.6 Å². The Kier molecular flexibility index (Phi) is 1.86. The van der Waals surface area contributed by atoms with Gasteiger partial charge in [0.15, 0.2) is 0 Å². The van der Waals surface area contributed by atoms with Gasteiger partial charge < -0.3 is 10.1 Å². The largest absolute Gasteiger partial charge is 0.388 e. The lowest BCUT2D eigenvalue weighted by molar-refractivity contribution is 0.0333. The van der Waals surface area contributed by atoms with Crippen LogP contribution in [0.1, 0.15) is 19.3 Å². The van der Waals surface area contributed by atoms with Gasteiger partial charge in [0.05, 0.1) is 6.10 Å². The minimum absolute atomic E-state index is 0.458. The average molecular weight is 153 g/mol. The first-order valence-electron chi connectivity index (χ1n) is 4.37. The van der Waals surface area contributed by atoms with Crippen LogP contribution in [0.15, 0.2) is 12.3 Å². The average Bonchev–Trinajstić information content (AvgIpc) is 2.50. The van der Waals surface area contributed by atoms with Gasteiger partial charge in [-0.2, -0.15) is 0 Å². The van der Waals surface area contributed by atoms with E-state index in [0.29, 0.717) is 18.1 Å². The third-order valence-electron chi connectivity index (χ3n) is 2.83. The van der Waals surface area contributed by atoms with Crippen LogP contribution in [0.2, 0.25) is 0 Å². The van der Waals surface area contributed by atoms with E-state index in [1.165, 1.54) is 19.3 Å². The van der Waals surface area contributed by atoms with E-state index in [4.69, 9.17) is 4.74 Å². The molecular weight excluding hydrogens is 138 g/mol. The summed E-state index contributed by atoms with van der Waals surface area (Å²) in [5.74, 6) is 0.633. The van der Waals surface area contributed by atoms with Crippen LogP contribution in [0.25, 0.3) is 0 Å². The molecule has 0 aromatic rings. The van der Waals surface area contributed by atoms with E-state index in [0.717, 1.165) is 0 Å². The predicted molar refractivity (Wildman–Crippen MR) is 44.2 cm³/mol. The molecule has 11 heavy (non-hydrogen) atoms. The van der Waals surface area contributed by atoms with Crippen molar-refractivity contribution in [3.8, 4) is 0 Å². The maximum Gasteiger partial charge on any atom is 0.0654 e.